The van der Waals surface area contributed by atoms with Gasteiger partial charge in [-0.25, -0.2) is 4.79 Å². The number of rotatable bonds is 8. The van der Waals surface area contributed by atoms with Crippen LogP contribution >= 0.6 is 0 Å². The smallest absolute Gasteiger partial charge is 0.338 e. The molecule has 170 valence electrons. The third kappa shape index (κ3) is 6.26. The molecule has 1 fully saturated rings. The molecule has 1 aliphatic rings. The summed E-state index contributed by atoms with van der Waals surface area (Å²) in [6, 6.07) is 21.1. The third-order valence-electron chi connectivity index (χ3n) is 5.30. The number of para-hydroxylation sites is 1. The Kier molecular flexibility index (Phi) is 7.09. The van der Waals surface area contributed by atoms with Gasteiger partial charge < -0.3 is 25.3 Å². The summed E-state index contributed by atoms with van der Waals surface area (Å²) >= 11 is 0. The molecule has 0 aromatic heterocycles. The van der Waals surface area contributed by atoms with E-state index in [0.29, 0.717) is 22.7 Å². The minimum absolute atomic E-state index is 0.0327. The maximum Gasteiger partial charge on any atom is 0.338 e. The van der Waals surface area contributed by atoms with E-state index in [1.165, 1.54) is 6.07 Å². The minimum Gasteiger partial charge on any atom is -0.482 e. The molecule has 4 rings (SSSR count). The van der Waals surface area contributed by atoms with Gasteiger partial charge in [0.15, 0.2) is 6.61 Å². The molecule has 0 aliphatic heterocycles. The molecule has 1 amide bonds. The van der Waals surface area contributed by atoms with Crippen molar-refractivity contribution in [2.24, 2.45) is 0 Å². The zero-order valence-electron chi connectivity index (χ0n) is 18.2. The number of anilines is 2. The number of nitrogens with two attached hydrogens (primary N) is 1. The molecule has 7 heteroatoms. The maximum absolute atomic E-state index is 12.4. The molecule has 0 radical (unpaired) electrons. The summed E-state index contributed by atoms with van der Waals surface area (Å²) in [5.74, 6) is 0.885. The molecule has 33 heavy (non-hydrogen) atoms. The first-order chi connectivity index (χ1) is 16.1. The van der Waals surface area contributed by atoms with Crippen LogP contribution in [0.25, 0.3) is 0 Å². The highest BCUT2D eigenvalue weighted by atomic mass is 16.5. The molecule has 3 aromatic carbocycles. The molecular weight excluding hydrogens is 420 g/mol. The van der Waals surface area contributed by atoms with Crippen molar-refractivity contribution < 1.29 is 23.8 Å². The first-order valence-electron chi connectivity index (χ1n) is 10.9. The number of ether oxygens (including phenoxy) is 3. The number of carbonyl (C=O) groups excluding carboxylic acids is 2. The summed E-state index contributed by atoms with van der Waals surface area (Å²) in [5, 5.41) is 2.76. The van der Waals surface area contributed by atoms with Crippen molar-refractivity contribution in [2.75, 3.05) is 17.7 Å². The van der Waals surface area contributed by atoms with Crippen molar-refractivity contribution in [3.8, 4) is 17.2 Å². The zero-order valence-corrected chi connectivity index (χ0v) is 18.2. The van der Waals surface area contributed by atoms with Gasteiger partial charge in [-0.1, -0.05) is 18.2 Å². The fourth-order valence-electron chi connectivity index (χ4n) is 3.58. The number of amides is 1. The van der Waals surface area contributed by atoms with E-state index in [1.54, 1.807) is 36.4 Å². The van der Waals surface area contributed by atoms with E-state index in [1.807, 2.05) is 30.3 Å². The van der Waals surface area contributed by atoms with Gasteiger partial charge >= 0.3 is 5.97 Å². The number of carbonyl (C=O) groups is 2. The number of benzene rings is 3. The van der Waals surface area contributed by atoms with Gasteiger partial charge in [0.2, 0.25) is 0 Å². The normalized spacial score (nSPS) is 13.3. The molecule has 0 heterocycles. The molecule has 0 spiro atoms. The van der Waals surface area contributed by atoms with E-state index in [-0.39, 0.29) is 24.4 Å². The van der Waals surface area contributed by atoms with Crippen LogP contribution in [-0.2, 0) is 9.53 Å². The quantitative estimate of drug-likeness (QED) is 0.365. The van der Waals surface area contributed by atoms with Gasteiger partial charge in [0.1, 0.15) is 23.4 Å². The van der Waals surface area contributed by atoms with Crippen molar-refractivity contribution in [2.45, 2.75) is 31.8 Å². The van der Waals surface area contributed by atoms with Gasteiger partial charge in [-0.15, -0.1) is 0 Å². The number of hydrogen-bond donors (Lipinski definition) is 2. The standard InChI is InChI=1S/C26H26N2O5/c27-23-15-10-18(26(30)33-21-8-4-5-9-21)16-24(23)31-17-25(29)28-19-11-13-22(14-12-19)32-20-6-2-1-3-7-20/h1-3,6-7,10-16,21H,4-5,8-9,17,27H2,(H,28,29). The Labute approximate surface area is 192 Å². The maximum atomic E-state index is 12.4. The first kappa shape index (κ1) is 22.2. The predicted molar refractivity (Wildman–Crippen MR) is 126 cm³/mol. The van der Waals surface area contributed by atoms with Crippen molar-refractivity contribution in [3.05, 3.63) is 78.4 Å². The fourth-order valence-corrected chi connectivity index (χ4v) is 3.58. The lowest BCUT2D eigenvalue weighted by molar-refractivity contribution is -0.118. The Morgan fingerprint density at radius 3 is 2.33 bits per heavy atom. The van der Waals surface area contributed by atoms with Gasteiger partial charge in [0.25, 0.3) is 5.91 Å². The number of hydrogen-bond acceptors (Lipinski definition) is 6. The highest BCUT2D eigenvalue weighted by Gasteiger charge is 2.21. The average Bonchev–Trinajstić information content (AvgIpc) is 3.33. The largest absolute Gasteiger partial charge is 0.482 e. The van der Waals surface area contributed by atoms with Crippen molar-refractivity contribution >= 4 is 23.3 Å². The Hall–Kier alpha value is -4.00. The summed E-state index contributed by atoms with van der Waals surface area (Å²) in [4.78, 5) is 24.7. The molecule has 0 saturated heterocycles. The molecule has 1 saturated carbocycles. The lowest BCUT2D eigenvalue weighted by Crippen LogP contribution is -2.20. The van der Waals surface area contributed by atoms with Crippen molar-refractivity contribution in [3.63, 3.8) is 0 Å². The summed E-state index contributed by atoms with van der Waals surface area (Å²) in [7, 11) is 0. The fraction of sp³-hybridized carbons (Fsp3) is 0.231. The van der Waals surface area contributed by atoms with Gasteiger partial charge in [-0.05, 0) is 80.3 Å². The second-order valence-electron chi connectivity index (χ2n) is 7.84. The Balaban J connectivity index is 1.29. The first-order valence-corrected chi connectivity index (χ1v) is 10.9. The van der Waals surface area contributed by atoms with Crippen LogP contribution in [0.15, 0.2) is 72.8 Å². The highest BCUT2D eigenvalue weighted by Crippen LogP contribution is 2.26. The second kappa shape index (κ2) is 10.5. The number of esters is 1. The molecule has 3 aromatic rings. The van der Waals surface area contributed by atoms with Gasteiger partial charge in [-0.2, -0.15) is 0 Å². The van der Waals surface area contributed by atoms with Crippen LogP contribution in [0.1, 0.15) is 36.0 Å². The van der Waals surface area contributed by atoms with E-state index in [0.717, 1.165) is 31.4 Å². The Morgan fingerprint density at radius 2 is 1.61 bits per heavy atom. The molecule has 0 atom stereocenters. The summed E-state index contributed by atoms with van der Waals surface area (Å²) in [6.45, 7) is -0.256. The minimum atomic E-state index is -0.408. The molecule has 7 nitrogen and oxygen atoms in total. The summed E-state index contributed by atoms with van der Waals surface area (Å²) < 4.78 is 16.8. The zero-order chi connectivity index (χ0) is 23.0. The second-order valence-corrected chi connectivity index (χ2v) is 7.84. The van der Waals surface area contributed by atoms with Crippen LogP contribution in [0.5, 0.6) is 17.2 Å². The van der Waals surface area contributed by atoms with E-state index < -0.39 is 5.97 Å². The number of nitrogen functional groups attached to an aromatic ring is 1. The Morgan fingerprint density at radius 1 is 0.909 bits per heavy atom. The van der Waals surface area contributed by atoms with Crippen LogP contribution in [0, 0.1) is 0 Å². The van der Waals surface area contributed by atoms with Gasteiger partial charge in [-0.3, -0.25) is 4.79 Å². The van der Waals surface area contributed by atoms with E-state index in [9.17, 15) is 9.59 Å². The van der Waals surface area contributed by atoms with E-state index >= 15 is 0 Å². The van der Waals surface area contributed by atoms with Crippen LogP contribution in [0.4, 0.5) is 11.4 Å². The lowest BCUT2D eigenvalue weighted by Gasteiger charge is -2.13. The number of nitrogens with one attached hydrogen (secondary N) is 1. The molecule has 0 bridgehead atoms. The monoisotopic (exact) mass is 446 g/mol. The van der Waals surface area contributed by atoms with Crippen molar-refractivity contribution in [1.29, 1.82) is 0 Å². The van der Waals surface area contributed by atoms with E-state index in [4.69, 9.17) is 19.9 Å². The van der Waals surface area contributed by atoms with Crippen molar-refractivity contribution in [1.82, 2.24) is 0 Å². The average molecular weight is 447 g/mol. The third-order valence-corrected chi connectivity index (χ3v) is 5.30. The summed E-state index contributed by atoms with van der Waals surface area (Å²) in [5.41, 5.74) is 7.24. The predicted octanol–water partition coefficient (Wildman–Crippen LogP) is 5.18. The van der Waals surface area contributed by atoms with Crippen LogP contribution in [0.2, 0.25) is 0 Å². The molecule has 1 aliphatic carbocycles. The van der Waals surface area contributed by atoms with Crippen LogP contribution in [0.3, 0.4) is 0 Å². The highest BCUT2D eigenvalue weighted by molar-refractivity contribution is 5.92. The SMILES string of the molecule is Nc1ccc(C(=O)OC2CCCC2)cc1OCC(=O)Nc1ccc(Oc2ccccc2)cc1. The lowest BCUT2D eigenvalue weighted by atomic mass is 10.2. The van der Waals surface area contributed by atoms with Gasteiger partial charge in [0.05, 0.1) is 11.3 Å². The van der Waals surface area contributed by atoms with Crippen LogP contribution in [-0.4, -0.2) is 24.6 Å². The van der Waals surface area contributed by atoms with Crippen LogP contribution < -0.4 is 20.5 Å². The molecule has 3 N–H and O–H groups in total. The van der Waals surface area contributed by atoms with Gasteiger partial charge in [0, 0.05) is 5.69 Å². The molecular formula is C26H26N2O5. The topological polar surface area (TPSA) is 99.9 Å². The Bertz CT molecular complexity index is 1090. The summed E-state index contributed by atoms with van der Waals surface area (Å²) in [6.07, 6.45) is 3.90. The van der Waals surface area contributed by atoms with E-state index in [2.05, 4.69) is 5.32 Å². The molecule has 0 unspecified atom stereocenters.